The number of amides is 1. The number of carbonyl (C=O) groups is 1. The Morgan fingerprint density at radius 2 is 2.50 bits per heavy atom. The molecular formula is C11H18N4O. The van der Waals surface area contributed by atoms with E-state index in [1.165, 1.54) is 0 Å². The third-order valence-corrected chi connectivity index (χ3v) is 3.05. The Morgan fingerprint density at radius 1 is 1.69 bits per heavy atom. The average Bonchev–Trinajstić information content (AvgIpc) is 2.68. The number of carbonyl (C=O) groups excluding carboxylic acids is 1. The van der Waals surface area contributed by atoms with Crippen molar-refractivity contribution in [2.75, 3.05) is 6.54 Å². The van der Waals surface area contributed by atoms with E-state index < -0.39 is 0 Å². The summed E-state index contributed by atoms with van der Waals surface area (Å²) in [5, 5.41) is 10.4. The van der Waals surface area contributed by atoms with Gasteiger partial charge in [0.05, 0.1) is 11.8 Å². The van der Waals surface area contributed by atoms with Crippen LogP contribution in [0, 0.1) is 0 Å². The third kappa shape index (κ3) is 2.41. The minimum absolute atomic E-state index is 0.0337. The summed E-state index contributed by atoms with van der Waals surface area (Å²) in [5.74, 6) is -0.0337. The van der Waals surface area contributed by atoms with Crippen LogP contribution >= 0.6 is 0 Å². The molecule has 2 rings (SSSR count). The van der Waals surface area contributed by atoms with Crippen LogP contribution in [0.2, 0.25) is 0 Å². The normalized spacial score (nSPS) is 25.4. The van der Waals surface area contributed by atoms with Gasteiger partial charge in [0.1, 0.15) is 0 Å². The highest BCUT2D eigenvalue weighted by molar-refractivity contribution is 5.93. The molecule has 1 fully saturated rings. The largest absolute Gasteiger partial charge is 0.348 e. The van der Waals surface area contributed by atoms with E-state index in [0.717, 1.165) is 19.4 Å². The van der Waals surface area contributed by atoms with Crippen molar-refractivity contribution in [2.45, 2.75) is 31.8 Å². The highest BCUT2D eigenvalue weighted by Gasteiger charge is 2.23. The molecule has 5 nitrogen and oxygen atoms in total. The van der Waals surface area contributed by atoms with Gasteiger partial charge in [-0.3, -0.25) is 9.48 Å². The highest BCUT2D eigenvalue weighted by atomic mass is 16.1. The number of aromatic nitrogens is 2. The number of rotatable bonds is 2. The monoisotopic (exact) mass is 222 g/mol. The van der Waals surface area contributed by atoms with Gasteiger partial charge in [-0.1, -0.05) is 0 Å². The van der Waals surface area contributed by atoms with Crippen LogP contribution < -0.4 is 10.6 Å². The van der Waals surface area contributed by atoms with Crippen LogP contribution in [0.1, 0.15) is 30.1 Å². The van der Waals surface area contributed by atoms with Crippen molar-refractivity contribution in [3.63, 3.8) is 0 Å². The lowest BCUT2D eigenvalue weighted by Crippen LogP contribution is -2.51. The summed E-state index contributed by atoms with van der Waals surface area (Å²) in [5.41, 5.74) is 0.625. The van der Waals surface area contributed by atoms with Crippen molar-refractivity contribution >= 4 is 5.91 Å². The Bertz CT molecular complexity index is 374. The quantitative estimate of drug-likeness (QED) is 0.756. The average molecular weight is 222 g/mol. The molecule has 0 spiro atoms. The molecule has 5 heteroatoms. The molecule has 0 unspecified atom stereocenters. The number of hydrogen-bond donors (Lipinski definition) is 2. The van der Waals surface area contributed by atoms with E-state index in [1.807, 2.05) is 7.05 Å². The Labute approximate surface area is 95.2 Å². The number of nitrogens with zero attached hydrogens (tertiary/aromatic N) is 2. The lowest BCUT2D eigenvalue weighted by atomic mass is 10.00. The second kappa shape index (κ2) is 4.65. The Morgan fingerprint density at radius 3 is 3.12 bits per heavy atom. The van der Waals surface area contributed by atoms with Gasteiger partial charge < -0.3 is 10.6 Å². The van der Waals surface area contributed by atoms with Gasteiger partial charge in [0.2, 0.25) is 0 Å². The summed E-state index contributed by atoms with van der Waals surface area (Å²) in [7, 11) is 1.81. The molecule has 0 radical (unpaired) electrons. The first-order valence-electron chi connectivity index (χ1n) is 5.69. The molecule has 1 aliphatic heterocycles. The van der Waals surface area contributed by atoms with Gasteiger partial charge in [0.25, 0.3) is 5.91 Å². The van der Waals surface area contributed by atoms with Crippen molar-refractivity contribution in [1.82, 2.24) is 20.4 Å². The van der Waals surface area contributed by atoms with Crippen molar-refractivity contribution in [3.05, 3.63) is 18.0 Å². The molecule has 2 heterocycles. The number of aryl methyl sites for hydroxylation is 1. The van der Waals surface area contributed by atoms with Crippen LogP contribution in [-0.2, 0) is 7.05 Å². The van der Waals surface area contributed by atoms with Gasteiger partial charge in [0.15, 0.2) is 0 Å². The predicted octanol–water partition coefficient (Wildman–Crippen LogP) is 0.290. The van der Waals surface area contributed by atoms with Crippen LogP contribution in [0.5, 0.6) is 0 Å². The van der Waals surface area contributed by atoms with E-state index in [2.05, 4.69) is 22.7 Å². The Balaban J connectivity index is 1.96. The maximum atomic E-state index is 11.9. The summed E-state index contributed by atoms with van der Waals surface area (Å²) < 4.78 is 1.64. The van der Waals surface area contributed by atoms with E-state index in [0.29, 0.717) is 11.6 Å². The topological polar surface area (TPSA) is 58.9 Å². The minimum atomic E-state index is -0.0337. The van der Waals surface area contributed by atoms with Crippen molar-refractivity contribution in [2.24, 2.45) is 7.05 Å². The first kappa shape index (κ1) is 11.1. The standard InChI is InChI=1S/C11H18N4O/c1-8-10(4-3-5-12-8)14-11(16)9-6-13-15(2)7-9/h6-8,10,12H,3-5H2,1-2H3,(H,14,16)/t8-,10-/m1/s1. The molecule has 1 amide bonds. The molecule has 2 N–H and O–H groups in total. The molecule has 0 aromatic carbocycles. The fourth-order valence-corrected chi connectivity index (χ4v) is 2.03. The fourth-order valence-electron chi connectivity index (χ4n) is 2.03. The molecule has 0 bridgehead atoms. The smallest absolute Gasteiger partial charge is 0.254 e. The molecular weight excluding hydrogens is 204 g/mol. The van der Waals surface area contributed by atoms with Crippen LogP contribution in [0.3, 0.4) is 0 Å². The molecule has 1 aromatic heterocycles. The van der Waals surface area contributed by atoms with E-state index in [-0.39, 0.29) is 11.9 Å². The lowest BCUT2D eigenvalue weighted by Gasteiger charge is -2.30. The molecule has 88 valence electrons. The summed E-state index contributed by atoms with van der Waals surface area (Å²) in [4.78, 5) is 11.9. The van der Waals surface area contributed by atoms with E-state index in [1.54, 1.807) is 17.1 Å². The zero-order valence-electron chi connectivity index (χ0n) is 9.73. The van der Waals surface area contributed by atoms with Crippen LogP contribution in [-0.4, -0.2) is 34.3 Å². The SMILES string of the molecule is C[C@H]1NCCC[C@H]1NC(=O)c1cnn(C)c1. The van der Waals surface area contributed by atoms with Gasteiger partial charge >= 0.3 is 0 Å². The summed E-state index contributed by atoms with van der Waals surface area (Å²) in [6, 6.07) is 0.566. The van der Waals surface area contributed by atoms with Gasteiger partial charge in [-0.25, -0.2) is 0 Å². The minimum Gasteiger partial charge on any atom is -0.348 e. The molecule has 16 heavy (non-hydrogen) atoms. The Kier molecular flexibility index (Phi) is 3.24. The zero-order valence-corrected chi connectivity index (χ0v) is 9.73. The summed E-state index contributed by atoms with van der Waals surface area (Å²) in [6.45, 7) is 3.15. The van der Waals surface area contributed by atoms with E-state index in [4.69, 9.17) is 0 Å². The lowest BCUT2D eigenvalue weighted by molar-refractivity contribution is 0.0920. The first-order chi connectivity index (χ1) is 7.66. The number of hydrogen-bond acceptors (Lipinski definition) is 3. The summed E-state index contributed by atoms with van der Waals surface area (Å²) in [6.07, 6.45) is 5.48. The van der Waals surface area contributed by atoms with Crippen LogP contribution in [0.25, 0.3) is 0 Å². The second-order valence-corrected chi connectivity index (χ2v) is 4.37. The van der Waals surface area contributed by atoms with Crippen LogP contribution in [0.4, 0.5) is 0 Å². The first-order valence-corrected chi connectivity index (χ1v) is 5.69. The maximum absolute atomic E-state index is 11.9. The fraction of sp³-hybridized carbons (Fsp3) is 0.636. The van der Waals surface area contributed by atoms with Gasteiger partial charge in [-0.05, 0) is 26.3 Å². The van der Waals surface area contributed by atoms with E-state index in [9.17, 15) is 4.79 Å². The van der Waals surface area contributed by atoms with Crippen LogP contribution in [0.15, 0.2) is 12.4 Å². The highest BCUT2D eigenvalue weighted by Crippen LogP contribution is 2.09. The van der Waals surface area contributed by atoms with Crippen molar-refractivity contribution in [1.29, 1.82) is 0 Å². The number of piperidine rings is 1. The Hall–Kier alpha value is -1.36. The van der Waals surface area contributed by atoms with Gasteiger partial charge in [0, 0.05) is 25.3 Å². The maximum Gasteiger partial charge on any atom is 0.254 e. The molecule has 1 saturated heterocycles. The predicted molar refractivity (Wildman–Crippen MR) is 61.2 cm³/mol. The molecule has 0 aliphatic carbocycles. The van der Waals surface area contributed by atoms with E-state index >= 15 is 0 Å². The molecule has 1 aromatic rings. The zero-order chi connectivity index (χ0) is 11.5. The number of nitrogens with one attached hydrogen (secondary N) is 2. The van der Waals surface area contributed by atoms with Crippen molar-refractivity contribution < 1.29 is 4.79 Å². The molecule has 0 saturated carbocycles. The molecule has 1 aliphatic rings. The molecule has 2 atom stereocenters. The summed E-state index contributed by atoms with van der Waals surface area (Å²) >= 11 is 0. The second-order valence-electron chi connectivity index (χ2n) is 4.37. The van der Waals surface area contributed by atoms with Gasteiger partial charge in [-0.15, -0.1) is 0 Å². The van der Waals surface area contributed by atoms with Gasteiger partial charge in [-0.2, -0.15) is 5.10 Å². The van der Waals surface area contributed by atoms with Crippen molar-refractivity contribution in [3.8, 4) is 0 Å². The third-order valence-electron chi connectivity index (χ3n) is 3.05.